The molecule has 3 aromatic rings. The third-order valence-corrected chi connectivity index (χ3v) is 3.96. The van der Waals surface area contributed by atoms with Crippen LogP contribution in [0.1, 0.15) is 22.8 Å². The average Bonchev–Trinajstić information content (AvgIpc) is 2.63. The van der Waals surface area contributed by atoms with Gasteiger partial charge in [-0.2, -0.15) is 0 Å². The Labute approximate surface area is 148 Å². The van der Waals surface area contributed by atoms with Crippen LogP contribution in [-0.2, 0) is 0 Å². The summed E-state index contributed by atoms with van der Waals surface area (Å²) in [6.07, 6.45) is 3.37. The lowest BCUT2D eigenvalue weighted by Gasteiger charge is -2.23. The molecule has 0 radical (unpaired) electrons. The summed E-state index contributed by atoms with van der Waals surface area (Å²) in [6.45, 7) is 4.94. The molecule has 1 aromatic heterocycles. The van der Waals surface area contributed by atoms with Gasteiger partial charge in [-0.3, -0.25) is 9.78 Å². The van der Waals surface area contributed by atoms with Crippen LogP contribution < -0.4 is 10.2 Å². The minimum Gasteiger partial charge on any atom is -0.340 e. The van der Waals surface area contributed by atoms with E-state index in [0.717, 1.165) is 23.6 Å². The van der Waals surface area contributed by atoms with Gasteiger partial charge >= 0.3 is 0 Å². The fourth-order valence-electron chi connectivity index (χ4n) is 2.73. The number of hydrogen-bond donors (Lipinski definition) is 1. The molecule has 1 amide bonds. The maximum absolute atomic E-state index is 12.5. The van der Waals surface area contributed by atoms with Crippen molar-refractivity contribution in [3.63, 3.8) is 0 Å². The highest BCUT2D eigenvalue weighted by molar-refractivity contribution is 6.04. The Bertz CT molecular complexity index is 862. The molecule has 0 saturated carbocycles. The van der Waals surface area contributed by atoms with Crippen LogP contribution in [0.2, 0.25) is 0 Å². The highest BCUT2D eigenvalue weighted by Gasteiger charge is 2.12. The molecule has 126 valence electrons. The van der Waals surface area contributed by atoms with Gasteiger partial charge in [0.15, 0.2) is 0 Å². The fraction of sp³-hybridized carbons (Fsp3) is 0.143. The van der Waals surface area contributed by atoms with Crippen LogP contribution in [0.3, 0.4) is 0 Å². The topological polar surface area (TPSA) is 45.2 Å². The Morgan fingerprint density at radius 3 is 2.52 bits per heavy atom. The van der Waals surface area contributed by atoms with Crippen molar-refractivity contribution < 1.29 is 4.79 Å². The van der Waals surface area contributed by atoms with Gasteiger partial charge in [-0.15, -0.1) is 0 Å². The lowest BCUT2D eigenvalue weighted by Crippen LogP contribution is -2.18. The van der Waals surface area contributed by atoms with Crippen molar-refractivity contribution in [1.82, 2.24) is 4.98 Å². The molecular weight excluding hydrogens is 310 g/mol. The van der Waals surface area contributed by atoms with E-state index < -0.39 is 0 Å². The number of carbonyl (C=O) groups is 1. The SMILES string of the molecule is CCN(c1cccc(C)c1)c1cncc(C(=O)Nc2ccccc2)c1. The first-order chi connectivity index (χ1) is 12.2. The minimum atomic E-state index is -0.166. The van der Waals surface area contributed by atoms with Crippen molar-refractivity contribution >= 4 is 23.0 Å². The highest BCUT2D eigenvalue weighted by Crippen LogP contribution is 2.26. The van der Waals surface area contributed by atoms with Crippen LogP contribution in [0.25, 0.3) is 0 Å². The van der Waals surface area contributed by atoms with Crippen molar-refractivity contribution in [3.05, 3.63) is 84.2 Å². The van der Waals surface area contributed by atoms with Gasteiger partial charge in [0, 0.05) is 24.1 Å². The number of para-hydroxylation sites is 1. The highest BCUT2D eigenvalue weighted by atomic mass is 16.1. The van der Waals surface area contributed by atoms with Gasteiger partial charge in [-0.1, -0.05) is 30.3 Å². The molecule has 3 rings (SSSR count). The van der Waals surface area contributed by atoms with Crippen LogP contribution in [0, 0.1) is 6.92 Å². The molecule has 0 aliphatic heterocycles. The fourth-order valence-corrected chi connectivity index (χ4v) is 2.73. The van der Waals surface area contributed by atoms with E-state index in [4.69, 9.17) is 0 Å². The van der Waals surface area contributed by atoms with Crippen molar-refractivity contribution in [2.24, 2.45) is 0 Å². The van der Waals surface area contributed by atoms with Gasteiger partial charge in [0.2, 0.25) is 0 Å². The third kappa shape index (κ3) is 4.04. The van der Waals surface area contributed by atoms with E-state index in [0.29, 0.717) is 5.56 Å². The molecule has 0 spiro atoms. The summed E-state index contributed by atoms with van der Waals surface area (Å²) in [7, 11) is 0. The number of benzene rings is 2. The lowest BCUT2D eigenvalue weighted by atomic mass is 10.1. The lowest BCUT2D eigenvalue weighted by molar-refractivity contribution is 0.102. The van der Waals surface area contributed by atoms with Crippen molar-refractivity contribution in [3.8, 4) is 0 Å². The maximum Gasteiger partial charge on any atom is 0.257 e. The summed E-state index contributed by atoms with van der Waals surface area (Å²) in [5.74, 6) is -0.166. The van der Waals surface area contributed by atoms with E-state index in [1.807, 2.05) is 42.5 Å². The van der Waals surface area contributed by atoms with Gasteiger partial charge in [0.05, 0.1) is 17.4 Å². The predicted octanol–water partition coefficient (Wildman–Crippen LogP) is 4.80. The number of nitrogens with zero attached hydrogens (tertiary/aromatic N) is 2. The first-order valence-electron chi connectivity index (χ1n) is 8.33. The Morgan fingerprint density at radius 2 is 1.80 bits per heavy atom. The molecule has 2 aromatic carbocycles. The zero-order chi connectivity index (χ0) is 17.6. The molecule has 1 N–H and O–H groups in total. The number of anilines is 3. The minimum absolute atomic E-state index is 0.166. The molecule has 0 unspecified atom stereocenters. The second kappa shape index (κ2) is 7.62. The molecule has 4 nitrogen and oxygen atoms in total. The largest absolute Gasteiger partial charge is 0.340 e. The molecule has 0 saturated heterocycles. The van der Waals surface area contributed by atoms with Crippen LogP contribution >= 0.6 is 0 Å². The molecule has 25 heavy (non-hydrogen) atoms. The van der Waals surface area contributed by atoms with Crippen LogP contribution in [0.4, 0.5) is 17.1 Å². The van der Waals surface area contributed by atoms with E-state index in [-0.39, 0.29) is 5.91 Å². The summed E-state index contributed by atoms with van der Waals surface area (Å²) >= 11 is 0. The molecule has 1 heterocycles. The Morgan fingerprint density at radius 1 is 1.00 bits per heavy atom. The third-order valence-electron chi connectivity index (χ3n) is 3.96. The average molecular weight is 331 g/mol. The second-order valence-corrected chi connectivity index (χ2v) is 5.84. The Kier molecular flexibility index (Phi) is 5.09. The molecule has 0 fully saturated rings. The number of aryl methyl sites for hydroxylation is 1. The molecule has 4 heteroatoms. The number of nitrogens with one attached hydrogen (secondary N) is 1. The smallest absolute Gasteiger partial charge is 0.257 e. The molecule has 0 aliphatic rings. The van der Waals surface area contributed by atoms with Crippen LogP contribution in [0.5, 0.6) is 0 Å². The summed E-state index contributed by atoms with van der Waals surface area (Å²) in [5, 5.41) is 2.89. The zero-order valence-corrected chi connectivity index (χ0v) is 14.4. The number of carbonyl (C=O) groups excluding carboxylic acids is 1. The molecule has 0 bridgehead atoms. The van der Waals surface area contributed by atoms with Crippen molar-refractivity contribution in [1.29, 1.82) is 0 Å². The maximum atomic E-state index is 12.5. The number of pyridine rings is 1. The predicted molar refractivity (Wildman–Crippen MR) is 102 cm³/mol. The van der Waals surface area contributed by atoms with Crippen LogP contribution in [-0.4, -0.2) is 17.4 Å². The van der Waals surface area contributed by atoms with Gasteiger partial charge in [-0.05, 0) is 49.7 Å². The first kappa shape index (κ1) is 16.7. The first-order valence-corrected chi connectivity index (χ1v) is 8.33. The number of hydrogen-bond acceptors (Lipinski definition) is 3. The van der Waals surface area contributed by atoms with Crippen LogP contribution in [0.15, 0.2) is 73.1 Å². The van der Waals surface area contributed by atoms with E-state index in [9.17, 15) is 4.79 Å². The van der Waals surface area contributed by atoms with Gasteiger partial charge in [0.1, 0.15) is 0 Å². The normalized spacial score (nSPS) is 10.3. The van der Waals surface area contributed by atoms with E-state index in [1.165, 1.54) is 5.56 Å². The number of rotatable bonds is 5. The van der Waals surface area contributed by atoms with Gasteiger partial charge in [0.25, 0.3) is 5.91 Å². The van der Waals surface area contributed by atoms with Gasteiger partial charge < -0.3 is 10.2 Å². The second-order valence-electron chi connectivity index (χ2n) is 5.84. The quantitative estimate of drug-likeness (QED) is 0.730. The standard InChI is InChI=1S/C21H21N3O/c1-3-24(19-11-7-8-16(2)12-19)20-13-17(14-22-15-20)21(25)23-18-9-5-4-6-10-18/h4-15H,3H2,1-2H3,(H,23,25). The Hall–Kier alpha value is -3.14. The zero-order valence-electron chi connectivity index (χ0n) is 14.4. The molecular formula is C21H21N3O. The van der Waals surface area contributed by atoms with Crippen molar-refractivity contribution in [2.75, 3.05) is 16.8 Å². The van der Waals surface area contributed by atoms with E-state index >= 15 is 0 Å². The summed E-state index contributed by atoms with van der Waals surface area (Å²) in [6, 6.07) is 19.6. The van der Waals surface area contributed by atoms with Gasteiger partial charge in [-0.25, -0.2) is 0 Å². The monoisotopic (exact) mass is 331 g/mol. The molecule has 0 atom stereocenters. The molecule has 0 aliphatic carbocycles. The van der Waals surface area contributed by atoms with Crippen molar-refractivity contribution in [2.45, 2.75) is 13.8 Å². The summed E-state index contributed by atoms with van der Waals surface area (Å²) < 4.78 is 0. The Balaban J connectivity index is 1.86. The number of aromatic nitrogens is 1. The van der Waals surface area contributed by atoms with E-state index in [1.54, 1.807) is 12.4 Å². The van der Waals surface area contributed by atoms with E-state index in [2.05, 4.69) is 47.2 Å². The summed E-state index contributed by atoms with van der Waals surface area (Å²) in [4.78, 5) is 18.9. The number of amides is 1. The summed E-state index contributed by atoms with van der Waals surface area (Å²) in [5.41, 5.74) is 4.48.